The Bertz CT molecular complexity index is 1040. The number of unbranched alkanes of at least 4 members (excludes halogenated alkanes) is 22. The summed E-state index contributed by atoms with van der Waals surface area (Å²) >= 11 is 0. The quantitative estimate of drug-likeness (QED) is 0.0268. The number of carbonyl (C=O) groups excluding carboxylic acids is 2. The van der Waals surface area contributed by atoms with E-state index in [4.69, 9.17) is 18.9 Å². The van der Waals surface area contributed by atoms with Gasteiger partial charge in [0.2, 0.25) is 0 Å². The molecular weight excluding hydrogens is 737 g/mol. The van der Waals surface area contributed by atoms with Crippen molar-refractivity contribution in [3.8, 4) is 0 Å². The van der Waals surface area contributed by atoms with E-state index in [1.165, 1.54) is 122 Å². The van der Waals surface area contributed by atoms with Crippen LogP contribution in [-0.2, 0) is 28.5 Å². The van der Waals surface area contributed by atoms with Crippen LogP contribution in [-0.4, -0.2) is 89.0 Å². The minimum absolute atomic E-state index is 0.124. The normalized spacial score (nSPS) is 20.4. The molecule has 3 unspecified atom stereocenters. The summed E-state index contributed by atoms with van der Waals surface area (Å²) in [5.41, 5.74) is 0. The van der Waals surface area contributed by atoms with Crippen LogP contribution in [0.15, 0.2) is 36.5 Å². The van der Waals surface area contributed by atoms with Gasteiger partial charge in [0.25, 0.3) is 0 Å². The van der Waals surface area contributed by atoms with E-state index in [0.717, 1.165) is 38.5 Å². The number of hydrogen-bond acceptors (Lipinski definition) is 10. The van der Waals surface area contributed by atoms with Crippen LogP contribution in [0.4, 0.5) is 0 Å². The molecule has 0 saturated carbocycles. The molecule has 0 aromatic heterocycles. The van der Waals surface area contributed by atoms with Gasteiger partial charge in [-0.1, -0.05) is 166 Å². The molecule has 0 aromatic rings. The zero-order valence-electron chi connectivity index (χ0n) is 36.8. The molecule has 0 bridgehead atoms. The predicted octanol–water partition coefficient (Wildman–Crippen LogP) is 10.3. The molecule has 1 heterocycles. The minimum Gasteiger partial charge on any atom is -0.462 e. The van der Waals surface area contributed by atoms with Crippen LogP contribution < -0.4 is 0 Å². The third-order valence-electron chi connectivity index (χ3n) is 10.8. The third-order valence-corrected chi connectivity index (χ3v) is 10.8. The van der Waals surface area contributed by atoms with Gasteiger partial charge in [-0.25, -0.2) is 0 Å². The summed E-state index contributed by atoms with van der Waals surface area (Å²) in [6.07, 6.45) is 37.4. The summed E-state index contributed by atoms with van der Waals surface area (Å²) in [5, 5.41) is 40.1. The first kappa shape index (κ1) is 53.9. The van der Waals surface area contributed by atoms with E-state index in [-0.39, 0.29) is 26.1 Å². The van der Waals surface area contributed by atoms with Gasteiger partial charge in [0.05, 0.1) is 13.2 Å². The van der Waals surface area contributed by atoms with Crippen LogP contribution in [0.5, 0.6) is 0 Å². The second-order valence-corrected chi connectivity index (χ2v) is 16.2. The Morgan fingerprint density at radius 2 is 1.00 bits per heavy atom. The van der Waals surface area contributed by atoms with Gasteiger partial charge in [0.15, 0.2) is 12.4 Å². The number of aliphatic hydroxyl groups excluding tert-OH is 4. The van der Waals surface area contributed by atoms with E-state index in [0.29, 0.717) is 12.8 Å². The lowest BCUT2D eigenvalue weighted by atomic mass is 9.99. The molecular formula is C48H86O10. The van der Waals surface area contributed by atoms with Crippen LogP contribution >= 0.6 is 0 Å². The van der Waals surface area contributed by atoms with E-state index in [2.05, 4.69) is 38.2 Å². The van der Waals surface area contributed by atoms with Gasteiger partial charge < -0.3 is 39.4 Å². The fraction of sp³-hybridized carbons (Fsp3) is 0.833. The van der Waals surface area contributed by atoms with Gasteiger partial charge in [-0.15, -0.1) is 0 Å². The molecule has 1 fully saturated rings. The fourth-order valence-electron chi connectivity index (χ4n) is 7.00. The van der Waals surface area contributed by atoms with Gasteiger partial charge in [-0.2, -0.15) is 0 Å². The molecule has 0 spiro atoms. The Hall–Kier alpha value is -2.08. The highest BCUT2D eigenvalue weighted by Gasteiger charge is 2.44. The van der Waals surface area contributed by atoms with Gasteiger partial charge in [0.1, 0.15) is 31.0 Å². The Morgan fingerprint density at radius 3 is 1.52 bits per heavy atom. The first-order valence-electron chi connectivity index (χ1n) is 23.6. The predicted molar refractivity (Wildman–Crippen MR) is 233 cm³/mol. The number of allylic oxidation sites excluding steroid dienone is 6. The topological polar surface area (TPSA) is 152 Å². The van der Waals surface area contributed by atoms with Crippen molar-refractivity contribution >= 4 is 11.9 Å². The van der Waals surface area contributed by atoms with Crippen molar-refractivity contribution in [1.29, 1.82) is 0 Å². The molecule has 1 rings (SSSR count). The molecule has 0 aliphatic carbocycles. The van der Waals surface area contributed by atoms with Gasteiger partial charge in [-0.3, -0.25) is 9.59 Å². The fourth-order valence-corrected chi connectivity index (χ4v) is 7.00. The van der Waals surface area contributed by atoms with E-state index >= 15 is 0 Å². The summed E-state index contributed by atoms with van der Waals surface area (Å²) < 4.78 is 22.1. The zero-order chi connectivity index (χ0) is 42.3. The molecule has 4 N–H and O–H groups in total. The monoisotopic (exact) mass is 823 g/mol. The molecule has 1 aliphatic rings. The van der Waals surface area contributed by atoms with Crippen molar-refractivity contribution in [3.63, 3.8) is 0 Å². The second kappa shape index (κ2) is 39.1. The van der Waals surface area contributed by atoms with Crippen molar-refractivity contribution in [2.45, 2.75) is 237 Å². The van der Waals surface area contributed by atoms with Gasteiger partial charge in [-0.05, 0) is 57.8 Å². The molecule has 0 aromatic carbocycles. The Labute approximate surface area is 353 Å². The van der Waals surface area contributed by atoms with Crippen LogP contribution in [0, 0.1) is 0 Å². The second-order valence-electron chi connectivity index (χ2n) is 16.2. The van der Waals surface area contributed by atoms with Crippen LogP contribution in [0.1, 0.15) is 200 Å². The lowest BCUT2D eigenvalue weighted by Crippen LogP contribution is -2.59. The lowest BCUT2D eigenvalue weighted by molar-refractivity contribution is -0.305. The minimum atomic E-state index is -1.60. The Morgan fingerprint density at radius 1 is 0.534 bits per heavy atom. The third kappa shape index (κ3) is 30.0. The molecule has 1 saturated heterocycles. The van der Waals surface area contributed by atoms with E-state index in [9.17, 15) is 30.0 Å². The first-order chi connectivity index (χ1) is 28.3. The summed E-state index contributed by atoms with van der Waals surface area (Å²) in [5.74, 6) is -0.887. The first-order valence-corrected chi connectivity index (χ1v) is 23.6. The van der Waals surface area contributed by atoms with Crippen molar-refractivity contribution in [3.05, 3.63) is 36.5 Å². The smallest absolute Gasteiger partial charge is 0.306 e. The molecule has 10 nitrogen and oxygen atoms in total. The maximum Gasteiger partial charge on any atom is 0.306 e. The van der Waals surface area contributed by atoms with Crippen LogP contribution in [0.25, 0.3) is 0 Å². The maximum absolute atomic E-state index is 12.7. The molecule has 1 aliphatic heterocycles. The molecule has 0 radical (unpaired) electrons. The lowest BCUT2D eigenvalue weighted by Gasteiger charge is -2.39. The largest absolute Gasteiger partial charge is 0.462 e. The summed E-state index contributed by atoms with van der Waals surface area (Å²) in [6, 6.07) is 0. The van der Waals surface area contributed by atoms with E-state index < -0.39 is 55.4 Å². The van der Waals surface area contributed by atoms with E-state index in [1.54, 1.807) is 0 Å². The highest BCUT2D eigenvalue weighted by molar-refractivity contribution is 5.70. The molecule has 338 valence electrons. The van der Waals surface area contributed by atoms with Gasteiger partial charge >= 0.3 is 11.9 Å². The van der Waals surface area contributed by atoms with Gasteiger partial charge in [0, 0.05) is 12.8 Å². The summed E-state index contributed by atoms with van der Waals surface area (Å²) in [4.78, 5) is 25.3. The van der Waals surface area contributed by atoms with Crippen LogP contribution in [0.3, 0.4) is 0 Å². The Kier molecular flexibility index (Phi) is 36.3. The van der Waals surface area contributed by atoms with Crippen molar-refractivity contribution < 1.29 is 49.0 Å². The molecule has 58 heavy (non-hydrogen) atoms. The van der Waals surface area contributed by atoms with Crippen molar-refractivity contribution in [1.82, 2.24) is 0 Å². The molecule has 0 amide bonds. The molecule has 10 heteroatoms. The van der Waals surface area contributed by atoms with E-state index in [1.807, 2.05) is 12.2 Å². The van der Waals surface area contributed by atoms with Crippen LogP contribution in [0.2, 0.25) is 0 Å². The highest BCUT2D eigenvalue weighted by atomic mass is 16.7. The van der Waals surface area contributed by atoms with Crippen molar-refractivity contribution in [2.24, 2.45) is 0 Å². The SMILES string of the molecule is CCCCCCCC/C=C/C/C=C/CCC(=O)OC(COC(=O)CCCCCCCCC/C=C/CCCCCCCCCCC)CO[C@H]1O[C@@H](CO)[C@@H](O)C(O)C1O. The molecule has 6 atom stereocenters. The zero-order valence-corrected chi connectivity index (χ0v) is 36.8. The maximum atomic E-state index is 12.7. The summed E-state index contributed by atoms with van der Waals surface area (Å²) in [6.45, 7) is 3.36. The van der Waals surface area contributed by atoms with Crippen molar-refractivity contribution in [2.75, 3.05) is 19.8 Å². The highest BCUT2D eigenvalue weighted by Crippen LogP contribution is 2.22. The average Bonchev–Trinajstić information content (AvgIpc) is 3.22. The number of rotatable bonds is 39. The Balaban J connectivity index is 2.31. The standard InChI is InChI=1S/C48H86O10/c1-3-5-7-9-11-13-15-17-18-19-20-21-22-23-25-26-28-30-32-34-36-43(50)55-39-41(40-56-48-47(54)46(53)45(52)42(38-49)58-48)57-44(51)37-35-33-31-29-27-24-16-14-12-10-8-6-4-2/h20-21,24,27,31,33,41-42,45-49,52-54H,3-19,22-23,25-26,28-30,32,34-40H2,1-2H3/b21-20+,27-24+,33-31+/t41?,42-,45+,46?,47?,48-/m0/s1. The number of hydrogen-bond donors (Lipinski definition) is 4. The number of ether oxygens (including phenoxy) is 4. The number of carbonyl (C=O) groups is 2. The average molecular weight is 823 g/mol. The number of aliphatic hydroxyl groups is 4. The number of esters is 2. The summed E-state index contributed by atoms with van der Waals surface area (Å²) in [7, 11) is 0.